The van der Waals surface area contributed by atoms with Crippen molar-refractivity contribution in [1.82, 2.24) is 0 Å². The molecule has 1 atom stereocenters. The Hall–Kier alpha value is -4.13. The molecular weight excluding hydrogens is 423 g/mol. The average Bonchev–Trinajstić information content (AvgIpc) is 2.81. The molecule has 3 aromatic rings. The van der Waals surface area contributed by atoms with Crippen molar-refractivity contribution in [3.63, 3.8) is 0 Å². The molecule has 0 aliphatic carbocycles. The summed E-state index contributed by atoms with van der Waals surface area (Å²) < 4.78 is 24.1. The molecule has 1 unspecified atom stereocenters. The molecule has 0 heterocycles. The highest BCUT2D eigenvalue weighted by Gasteiger charge is 2.19. The predicted octanol–water partition coefficient (Wildman–Crippen LogP) is 6.20. The average molecular weight is 448 g/mol. The number of nitrogens with one attached hydrogen (secondary N) is 1. The van der Waals surface area contributed by atoms with Crippen LogP contribution in [-0.4, -0.2) is 24.8 Å². The molecule has 170 valence electrons. The van der Waals surface area contributed by atoms with E-state index in [1.165, 1.54) is 41.3 Å². The minimum absolute atomic E-state index is 0.237. The molecule has 0 saturated heterocycles. The lowest BCUT2D eigenvalue weighted by molar-refractivity contribution is 0.142. The highest BCUT2D eigenvalue weighted by Crippen LogP contribution is 2.22. The van der Waals surface area contributed by atoms with Gasteiger partial charge >= 0.3 is 12.2 Å². The van der Waals surface area contributed by atoms with Crippen LogP contribution in [0.2, 0.25) is 0 Å². The van der Waals surface area contributed by atoms with Crippen LogP contribution in [0.15, 0.2) is 91.5 Å². The third-order valence-corrected chi connectivity index (χ3v) is 4.74. The van der Waals surface area contributed by atoms with Crippen LogP contribution >= 0.6 is 0 Å². The van der Waals surface area contributed by atoms with Crippen LogP contribution < -0.4 is 15.0 Å². The van der Waals surface area contributed by atoms with Crippen LogP contribution in [0.1, 0.15) is 12.5 Å². The van der Waals surface area contributed by atoms with E-state index in [1.54, 1.807) is 25.1 Å². The summed E-state index contributed by atoms with van der Waals surface area (Å²) >= 11 is 0. The Morgan fingerprint density at radius 3 is 2.48 bits per heavy atom. The molecule has 33 heavy (non-hydrogen) atoms. The molecule has 3 aromatic carbocycles. The fourth-order valence-corrected chi connectivity index (χ4v) is 2.99. The summed E-state index contributed by atoms with van der Waals surface area (Å²) in [5.41, 5.74) is 1.96. The lowest BCUT2D eigenvalue weighted by Gasteiger charge is -2.22. The molecular formula is C26H25FN2O4. The Morgan fingerprint density at radius 1 is 1.06 bits per heavy atom. The number of rotatable bonds is 8. The molecule has 0 radical (unpaired) electrons. The Labute approximate surface area is 192 Å². The molecule has 6 nitrogen and oxygen atoms in total. The minimum atomic E-state index is -0.651. The monoisotopic (exact) mass is 448 g/mol. The minimum Gasteiger partial charge on any atom is -0.442 e. The fraction of sp³-hybridized carbons (Fsp3) is 0.154. The number of amides is 2. The molecule has 0 fully saturated rings. The maximum absolute atomic E-state index is 13.4. The third kappa shape index (κ3) is 7.21. The van der Waals surface area contributed by atoms with E-state index in [0.29, 0.717) is 24.3 Å². The van der Waals surface area contributed by atoms with Crippen molar-refractivity contribution in [2.24, 2.45) is 0 Å². The molecule has 0 aliphatic rings. The van der Waals surface area contributed by atoms with Gasteiger partial charge in [-0.25, -0.2) is 14.0 Å². The van der Waals surface area contributed by atoms with E-state index in [9.17, 15) is 14.0 Å². The first-order valence-corrected chi connectivity index (χ1v) is 10.4. The van der Waals surface area contributed by atoms with Gasteiger partial charge in [0.25, 0.3) is 0 Å². The van der Waals surface area contributed by atoms with Crippen molar-refractivity contribution in [2.45, 2.75) is 19.4 Å². The molecule has 0 saturated carbocycles. The van der Waals surface area contributed by atoms with Gasteiger partial charge < -0.3 is 9.47 Å². The van der Waals surface area contributed by atoms with Gasteiger partial charge in [-0.2, -0.15) is 0 Å². The zero-order valence-electron chi connectivity index (χ0n) is 18.2. The highest BCUT2D eigenvalue weighted by atomic mass is 19.1. The summed E-state index contributed by atoms with van der Waals surface area (Å²) in [5, 5.41) is 2.58. The second kappa shape index (κ2) is 11.5. The SMILES string of the molecule is C=CC(C)OC(=O)Nc1cccc(OC(=O)N(CCc2ccccc2)c2ccc(F)cc2)c1. The molecule has 0 spiro atoms. The fourth-order valence-electron chi connectivity index (χ4n) is 2.99. The van der Waals surface area contributed by atoms with Crippen LogP contribution in [0, 0.1) is 5.82 Å². The summed E-state index contributed by atoms with van der Waals surface area (Å²) in [5.74, 6) is -0.159. The summed E-state index contributed by atoms with van der Waals surface area (Å²) in [6.07, 6.45) is 0.360. The molecule has 1 N–H and O–H groups in total. The first-order valence-electron chi connectivity index (χ1n) is 10.4. The van der Waals surface area contributed by atoms with Crippen LogP contribution in [-0.2, 0) is 11.2 Å². The molecule has 3 rings (SSSR count). The summed E-state index contributed by atoms with van der Waals surface area (Å²) in [6.45, 7) is 5.58. The number of benzene rings is 3. The van der Waals surface area contributed by atoms with Crippen LogP contribution in [0.4, 0.5) is 25.4 Å². The number of anilines is 2. The maximum Gasteiger partial charge on any atom is 0.419 e. The van der Waals surface area contributed by atoms with E-state index in [0.717, 1.165) is 5.56 Å². The Kier molecular flexibility index (Phi) is 8.18. The van der Waals surface area contributed by atoms with Gasteiger partial charge in [-0.15, -0.1) is 0 Å². The van der Waals surface area contributed by atoms with E-state index in [2.05, 4.69) is 11.9 Å². The predicted molar refractivity (Wildman–Crippen MR) is 126 cm³/mol. The van der Waals surface area contributed by atoms with Crippen LogP contribution in [0.25, 0.3) is 0 Å². The van der Waals surface area contributed by atoms with Gasteiger partial charge in [0.1, 0.15) is 17.7 Å². The van der Waals surface area contributed by atoms with Gasteiger partial charge in [-0.1, -0.05) is 49.1 Å². The number of carbonyl (C=O) groups excluding carboxylic acids is 2. The van der Waals surface area contributed by atoms with Crippen molar-refractivity contribution in [3.05, 3.63) is 103 Å². The van der Waals surface area contributed by atoms with Gasteiger partial charge in [0.15, 0.2) is 0 Å². The molecule has 0 aliphatic heterocycles. The van der Waals surface area contributed by atoms with E-state index in [1.807, 2.05) is 30.3 Å². The standard InChI is InChI=1S/C26H25FN2O4/c1-3-19(2)32-25(30)28-22-10-7-11-24(18-22)33-26(31)29(23-14-12-21(27)13-15-23)17-16-20-8-5-4-6-9-20/h3-15,18-19H,1,16-17H2,2H3,(H,28,30). The first kappa shape index (κ1) is 23.5. The van der Waals surface area contributed by atoms with Crippen molar-refractivity contribution >= 4 is 23.6 Å². The number of hydrogen-bond donors (Lipinski definition) is 1. The number of hydrogen-bond acceptors (Lipinski definition) is 4. The lowest BCUT2D eigenvalue weighted by atomic mass is 10.1. The summed E-state index contributed by atoms with van der Waals surface area (Å²) in [4.78, 5) is 26.4. The molecule has 0 aromatic heterocycles. The second-order valence-corrected chi connectivity index (χ2v) is 7.23. The van der Waals surface area contributed by atoms with E-state index >= 15 is 0 Å². The quantitative estimate of drug-likeness (QED) is 0.417. The number of ether oxygens (including phenoxy) is 2. The zero-order chi connectivity index (χ0) is 23.6. The van der Waals surface area contributed by atoms with Gasteiger partial charge in [0.2, 0.25) is 0 Å². The Balaban J connectivity index is 1.72. The molecule has 2 amide bonds. The third-order valence-electron chi connectivity index (χ3n) is 4.74. The maximum atomic E-state index is 13.4. The topological polar surface area (TPSA) is 67.9 Å². The largest absolute Gasteiger partial charge is 0.442 e. The van der Waals surface area contributed by atoms with E-state index in [4.69, 9.17) is 9.47 Å². The zero-order valence-corrected chi connectivity index (χ0v) is 18.2. The van der Waals surface area contributed by atoms with Gasteiger partial charge in [-0.05, 0) is 55.3 Å². The highest BCUT2D eigenvalue weighted by molar-refractivity contribution is 5.90. The normalized spacial score (nSPS) is 11.2. The smallest absolute Gasteiger partial charge is 0.419 e. The van der Waals surface area contributed by atoms with Crippen molar-refractivity contribution in [1.29, 1.82) is 0 Å². The van der Waals surface area contributed by atoms with Crippen molar-refractivity contribution in [3.8, 4) is 5.75 Å². The number of nitrogens with zero attached hydrogens (tertiary/aromatic N) is 1. The van der Waals surface area contributed by atoms with E-state index in [-0.39, 0.29) is 5.75 Å². The number of halogens is 1. The van der Waals surface area contributed by atoms with Crippen LogP contribution in [0.5, 0.6) is 5.75 Å². The molecule has 0 bridgehead atoms. The number of carbonyl (C=O) groups is 2. The van der Waals surface area contributed by atoms with Gasteiger partial charge in [-0.3, -0.25) is 10.2 Å². The van der Waals surface area contributed by atoms with Crippen molar-refractivity contribution < 1.29 is 23.5 Å². The Morgan fingerprint density at radius 2 is 1.79 bits per heavy atom. The lowest BCUT2D eigenvalue weighted by Crippen LogP contribution is -2.35. The summed E-state index contributed by atoms with van der Waals surface area (Å²) in [6, 6.07) is 21.7. The molecule has 7 heteroatoms. The second-order valence-electron chi connectivity index (χ2n) is 7.23. The van der Waals surface area contributed by atoms with Crippen LogP contribution in [0.3, 0.4) is 0 Å². The van der Waals surface area contributed by atoms with Gasteiger partial charge in [0, 0.05) is 24.0 Å². The van der Waals surface area contributed by atoms with E-state index < -0.39 is 24.1 Å². The van der Waals surface area contributed by atoms with Crippen molar-refractivity contribution in [2.75, 3.05) is 16.8 Å². The first-order chi connectivity index (χ1) is 15.9. The van der Waals surface area contributed by atoms with Gasteiger partial charge in [0.05, 0.1) is 0 Å². The Bertz CT molecular complexity index is 1090. The summed E-state index contributed by atoms with van der Waals surface area (Å²) in [7, 11) is 0.